The third-order valence-electron chi connectivity index (χ3n) is 5.83. The van der Waals surface area contributed by atoms with E-state index in [0.717, 1.165) is 12.1 Å². The molecule has 1 N–H and O–H groups in total. The van der Waals surface area contributed by atoms with Crippen LogP contribution >= 0.6 is 0 Å². The van der Waals surface area contributed by atoms with Gasteiger partial charge in [-0.1, -0.05) is 25.5 Å². The summed E-state index contributed by atoms with van der Waals surface area (Å²) in [6, 6.07) is 6.71. The molecule has 0 aliphatic heterocycles. The van der Waals surface area contributed by atoms with Gasteiger partial charge in [0, 0.05) is 12.6 Å². The van der Waals surface area contributed by atoms with Crippen LogP contribution in [0.25, 0.3) is 22.6 Å². The van der Waals surface area contributed by atoms with E-state index < -0.39 is 34.9 Å². The summed E-state index contributed by atoms with van der Waals surface area (Å²) >= 11 is 0. The second kappa shape index (κ2) is 10.4. The normalized spacial score (nSPS) is 12.9. The van der Waals surface area contributed by atoms with Gasteiger partial charge in [-0.15, -0.1) is 0 Å². The lowest BCUT2D eigenvalue weighted by Gasteiger charge is -2.25. The highest BCUT2D eigenvalue weighted by Crippen LogP contribution is 2.32. The van der Waals surface area contributed by atoms with Crippen molar-refractivity contribution in [1.82, 2.24) is 29.3 Å². The molecule has 1 unspecified atom stereocenters. The number of hydrogen-bond donors (Lipinski definition) is 1. The van der Waals surface area contributed by atoms with Crippen molar-refractivity contribution in [3.63, 3.8) is 0 Å². The molecule has 0 bridgehead atoms. The molecule has 39 heavy (non-hydrogen) atoms. The predicted molar refractivity (Wildman–Crippen MR) is 134 cm³/mol. The van der Waals surface area contributed by atoms with Gasteiger partial charge in [0.15, 0.2) is 17.4 Å². The van der Waals surface area contributed by atoms with E-state index in [1.54, 1.807) is 39.1 Å². The first kappa shape index (κ1) is 27.6. The van der Waals surface area contributed by atoms with Crippen LogP contribution < -0.4 is 5.56 Å². The Bertz CT molecular complexity index is 1620. The first-order valence-corrected chi connectivity index (χ1v) is 12.1. The first-order chi connectivity index (χ1) is 18.3. The minimum Gasteiger partial charge on any atom is -0.441 e. The molecule has 3 heterocycles. The number of nitrogens with one attached hydrogen (secondary N) is 1. The number of aromatic nitrogens is 6. The number of alkyl halides is 3. The summed E-state index contributed by atoms with van der Waals surface area (Å²) < 4.78 is 48.2. The lowest BCUT2D eigenvalue weighted by molar-refractivity contribution is -0.163. The van der Waals surface area contributed by atoms with Crippen molar-refractivity contribution in [2.75, 3.05) is 0 Å². The highest BCUT2D eigenvalue weighted by molar-refractivity contribution is 5.78. The molecule has 0 aliphatic rings. The van der Waals surface area contributed by atoms with Crippen LogP contribution in [0.4, 0.5) is 13.2 Å². The van der Waals surface area contributed by atoms with Crippen LogP contribution in [0.3, 0.4) is 0 Å². The van der Waals surface area contributed by atoms with E-state index in [4.69, 9.17) is 4.74 Å². The first-order valence-electron chi connectivity index (χ1n) is 12.1. The van der Waals surface area contributed by atoms with E-state index >= 15 is 0 Å². The fourth-order valence-electron chi connectivity index (χ4n) is 3.93. The second-order valence-electron chi connectivity index (χ2n) is 10.0. The number of fused-ring (bicyclic) bond motifs is 1. The van der Waals surface area contributed by atoms with Gasteiger partial charge in [0.25, 0.3) is 5.56 Å². The smallest absolute Gasteiger partial charge is 0.416 e. The third kappa shape index (κ3) is 5.84. The molecule has 204 valence electrons. The summed E-state index contributed by atoms with van der Waals surface area (Å²) in [6.45, 7) is 7.04. The number of rotatable bonds is 7. The van der Waals surface area contributed by atoms with Crippen molar-refractivity contribution in [1.29, 1.82) is 5.26 Å². The number of H-pyrrole nitrogens is 1. The van der Waals surface area contributed by atoms with Gasteiger partial charge in [0.05, 0.1) is 29.3 Å². The highest BCUT2D eigenvalue weighted by Gasteiger charge is 2.32. The van der Waals surface area contributed by atoms with Crippen molar-refractivity contribution in [2.45, 2.75) is 59.5 Å². The van der Waals surface area contributed by atoms with Crippen LogP contribution in [-0.4, -0.2) is 35.3 Å². The minimum absolute atomic E-state index is 0.00906. The number of esters is 1. The molecule has 0 aliphatic carbocycles. The maximum Gasteiger partial charge on any atom is 0.416 e. The zero-order valence-corrected chi connectivity index (χ0v) is 21.7. The molecular formula is C26H26F3N7O3. The maximum absolute atomic E-state index is 13.1. The molecule has 1 aromatic carbocycles. The summed E-state index contributed by atoms with van der Waals surface area (Å²) in [5.74, 6) is -0.525. The standard InChI is InChI=1S/C26H26F3N7O3/c1-5-7-19(39-24(38)25(2,3)4)36-20-21(32-18(11-30)33-23(20)37)34-22(36)16-12-31-35(14-16)13-15-8-6-9-17(10-15)26(27,28)29/h6,8-10,12,14,19H,5,7,13H2,1-4H3,(H,32,33,37). The maximum atomic E-state index is 13.1. The second-order valence-corrected chi connectivity index (χ2v) is 10.0. The molecule has 13 heteroatoms. The van der Waals surface area contributed by atoms with Crippen LogP contribution in [0.5, 0.6) is 0 Å². The van der Waals surface area contributed by atoms with Crippen molar-refractivity contribution in [2.24, 2.45) is 5.41 Å². The van der Waals surface area contributed by atoms with Gasteiger partial charge in [-0.05, 0) is 38.5 Å². The summed E-state index contributed by atoms with van der Waals surface area (Å²) in [5, 5.41) is 13.5. The summed E-state index contributed by atoms with van der Waals surface area (Å²) in [7, 11) is 0. The number of aromatic amines is 1. The Morgan fingerprint density at radius 1 is 1.23 bits per heavy atom. The average molecular weight is 542 g/mol. The van der Waals surface area contributed by atoms with E-state index in [-0.39, 0.29) is 29.4 Å². The molecule has 3 aromatic heterocycles. The van der Waals surface area contributed by atoms with E-state index in [9.17, 15) is 28.0 Å². The zero-order valence-electron chi connectivity index (χ0n) is 21.7. The van der Waals surface area contributed by atoms with Crippen LogP contribution in [0.2, 0.25) is 0 Å². The average Bonchev–Trinajstić information content (AvgIpc) is 3.47. The molecule has 10 nitrogen and oxygen atoms in total. The zero-order chi connectivity index (χ0) is 28.5. The van der Waals surface area contributed by atoms with Crippen molar-refractivity contribution < 1.29 is 22.7 Å². The molecule has 0 spiro atoms. The topological polar surface area (TPSA) is 131 Å². The molecule has 4 rings (SSSR count). The van der Waals surface area contributed by atoms with Crippen LogP contribution in [0.1, 0.15) is 63.7 Å². The Kier molecular flexibility index (Phi) is 7.32. The Balaban J connectivity index is 1.82. The van der Waals surface area contributed by atoms with Crippen LogP contribution in [-0.2, 0) is 22.3 Å². The van der Waals surface area contributed by atoms with Gasteiger partial charge in [-0.3, -0.25) is 23.8 Å². The fourth-order valence-corrected chi connectivity index (χ4v) is 3.93. The van der Waals surface area contributed by atoms with Gasteiger partial charge in [0.1, 0.15) is 11.9 Å². The lowest BCUT2D eigenvalue weighted by Crippen LogP contribution is -2.28. The molecule has 0 amide bonds. The number of nitrogens with zero attached hydrogens (tertiary/aromatic N) is 6. The third-order valence-corrected chi connectivity index (χ3v) is 5.83. The number of nitriles is 1. The number of hydrogen-bond acceptors (Lipinski definition) is 7. The number of carbonyl (C=O) groups excluding carboxylic acids is 1. The Hall–Kier alpha value is -4.47. The van der Waals surface area contributed by atoms with Crippen molar-refractivity contribution in [3.05, 3.63) is 64.0 Å². The summed E-state index contributed by atoms with van der Waals surface area (Å²) in [6.07, 6.45) is -1.46. The molecule has 0 fully saturated rings. The largest absolute Gasteiger partial charge is 0.441 e. The van der Waals surface area contributed by atoms with E-state index in [1.165, 1.54) is 21.5 Å². The monoisotopic (exact) mass is 541 g/mol. The highest BCUT2D eigenvalue weighted by atomic mass is 19.4. The SMILES string of the molecule is CCCC(OC(=O)C(C)(C)C)n1c(-c2cnn(Cc3cccc(C(F)(F)F)c3)c2)nc2nc(C#N)[nH]c(=O)c21. The van der Waals surface area contributed by atoms with Gasteiger partial charge >= 0.3 is 12.1 Å². The van der Waals surface area contributed by atoms with Crippen LogP contribution in [0, 0.1) is 16.7 Å². The van der Waals surface area contributed by atoms with Gasteiger partial charge in [0.2, 0.25) is 5.82 Å². The van der Waals surface area contributed by atoms with E-state index in [0.29, 0.717) is 24.0 Å². The quantitative estimate of drug-likeness (QED) is 0.332. The van der Waals surface area contributed by atoms with Gasteiger partial charge in [-0.25, -0.2) is 4.98 Å². The number of halogens is 3. The number of benzene rings is 1. The van der Waals surface area contributed by atoms with E-state index in [2.05, 4.69) is 20.1 Å². The molecule has 0 radical (unpaired) electrons. The van der Waals surface area contributed by atoms with Crippen LogP contribution in [0.15, 0.2) is 41.5 Å². The van der Waals surface area contributed by atoms with Crippen molar-refractivity contribution in [3.8, 4) is 17.5 Å². The molecular weight excluding hydrogens is 515 g/mol. The summed E-state index contributed by atoms with van der Waals surface area (Å²) in [5.41, 5.74) is -1.45. The Morgan fingerprint density at radius 2 is 1.97 bits per heavy atom. The van der Waals surface area contributed by atoms with Crippen molar-refractivity contribution >= 4 is 17.1 Å². The van der Waals surface area contributed by atoms with Gasteiger partial charge < -0.3 is 4.74 Å². The lowest BCUT2D eigenvalue weighted by atomic mass is 9.97. The molecule has 1 atom stereocenters. The Labute approximate surface area is 221 Å². The Morgan fingerprint density at radius 3 is 2.62 bits per heavy atom. The van der Waals surface area contributed by atoms with E-state index in [1.807, 2.05) is 6.92 Å². The number of ether oxygens (including phenoxy) is 1. The molecule has 0 saturated heterocycles. The van der Waals surface area contributed by atoms with Gasteiger partial charge in [-0.2, -0.15) is 28.5 Å². The number of carbonyl (C=O) groups is 1. The number of imidazole rings is 1. The molecule has 0 saturated carbocycles. The minimum atomic E-state index is -4.47. The predicted octanol–water partition coefficient (Wildman–Crippen LogP) is 4.81. The molecule has 4 aromatic rings. The summed E-state index contributed by atoms with van der Waals surface area (Å²) in [4.78, 5) is 36.8. The fraction of sp³-hybridized carbons (Fsp3) is 0.385.